The van der Waals surface area contributed by atoms with Gasteiger partial charge in [0.25, 0.3) is 15.9 Å². The van der Waals surface area contributed by atoms with Crippen LogP contribution in [0.2, 0.25) is 5.02 Å². The molecule has 0 aliphatic rings. The second-order valence-electron chi connectivity index (χ2n) is 7.81. The van der Waals surface area contributed by atoms with Crippen LogP contribution in [0.25, 0.3) is 0 Å². The summed E-state index contributed by atoms with van der Waals surface area (Å²) in [6, 6.07) is 21.0. The summed E-state index contributed by atoms with van der Waals surface area (Å²) in [4.78, 5) is 20.7. The molecule has 196 valence electrons. The summed E-state index contributed by atoms with van der Waals surface area (Å²) in [7, 11) is -1.25. The Morgan fingerprint density at radius 2 is 1.68 bits per heavy atom. The van der Waals surface area contributed by atoms with E-state index in [9.17, 15) is 13.2 Å². The van der Waals surface area contributed by atoms with Crippen LogP contribution in [-0.2, 0) is 16.6 Å². The van der Waals surface area contributed by atoms with E-state index in [2.05, 4.69) is 20.0 Å². The molecule has 0 bridgehead atoms. The van der Waals surface area contributed by atoms with Gasteiger partial charge in [-0.15, -0.1) is 0 Å². The number of hydrogen-bond acceptors (Lipinski definition) is 8. The third kappa shape index (κ3) is 6.90. The number of amides is 1. The molecule has 0 atom stereocenters. The molecule has 38 heavy (non-hydrogen) atoms. The van der Waals surface area contributed by atoms with Crippen LogP contribution in [0.4, 0.5) is 11.5 Å². The van der Waals surface area contributed by atoms with Gasteiger partial charge >= 0.3 is 6.01 Å². The number of carbonyl (C=O) groups is 1. The van der Waals surface area contributed by atoms with Crippen LogP contribution in [0.3, 0.4) is 0 Å². The van der Waals surface area contributed by atoms with Crippen LogP contribution < -0.4 is 24.2 Å². The molecule has 0 saturated heterocycles. The number of halogens is 1. The molecule has 0 aliphatic carbocycles. The summed E-state index contributed by atoms with van der Waals surface area (Å²) in [5.41, 5.74) is 1.63. The van der Waals surface area contributed by atoms with E-state index >= 15 is 0 Å². The van der Waals surface area contributed by atoms with E-state index < -0.39 is 10.0 Å². The first kappa shape index (κ1) is 26.7. The molecule has 0 aliphatic heterocycles. The number of nitrogens with zero attached hydrogens (tertiary/aromatic N) is 2. The van der Waals surface area contributed by atoms with E-state index in [1.165, 1.54) is 44.6 Å². The second-order valence-corrected chi connectivity index (χ2v) is 9.93. The van der Waals surface area contributed by atoms with Gasteiger partial charge in [0.2, 0.25) is 5.88 Å². The highest BCUT2D eigenvalue weighted by molar-refractivity contribution is 7.92. The highest BCUT2D eigenvalue weighted by Gasteiger charge is 2.17. The second kappa shape index (κ2) is 11.8. The average Bonchev–Trinajstić information content (AvgIpc) is 2.92. The summed E-state index contributed by atoms with van der Waals surface area (Å²) in [6.45, 7) is 0.255. The van der Waals surface area contributed by atoms with Crippen molar-refractivity contribution in [1.82, 2.24) is 9.97 Å². The molecule has 2 N–H and O–H groups in total. The van der Waals surface area contributed by atoms with Crippen molar-refractivity contribution in [1.29, 1.82) is 0 Å². The lowest BCUT2D eigenvalue weighted by Gasteiger charge is -2.11. The first-order chi connectivity index (χ1) is 18.3. The number of aromatic nitrogens is 2. The third-order valence-electron chi connectivity index (χ3n) is 5.13. The molecule has 0 radical (unpaired) electrons. The van der Waals surface area contributed by atoms with Crippen LogP contribution in [0.15, 0.2) is 83.8 Å². The molecule has 10 nitrogen and oxygen atoms in total. The summed E-state index contributed by atoms with van der Waals surface area (Å²) in [6.07, 6.45) is 0. The van der Waals surface area contributed by atoms with Gasteiger partial charge in [0.1, 0.15) is 12.4 Å². The number of carbonyl (C=O) groups excluding carboxylic acids is 1. The van der Waals surface area contributed by atoms with Crippen LogP contribution in [0, 0.1) is 0 Å². The molecule has 1 aromatic heterocycles. The number of rotatable bonds is 10. The molecule has 0 fully saturated rings. The highest BCUT2D eigenvalue weighted by atomic mass is 35.5. The summed E-state index contributed by atoms with van der Waals surface area (Å²) in [5, 5.41) is 3.33. The average molecular weight is 555 g/mol. The number of ether oxygens (including phenoxy) is 3. The monoisotopic (exact) mass is 554 g/mol. The van der Waals surface area contributed by atoms with E-state index in [0.29, 0.717) is 22.0 Å². The normalized spacial score (nSPS) is 10.9. The van der Waals surface area contributed by atoms with Crippen molar-refractivity contribution in [2.45, 2.75) is 11.5 Å². The predicted octanol–water partition coefficient (Wildman–Crippen LogP) is 4.78. The Morgan fingerprint density at radius 1 is 0.921 bits per heavy atom. The van der Waals surface area contributed by atoms with Gasteiger partial charge in [-0.1, -0.05) is 29.8 Å². The van der Waals surface area contributed by atoms with Gasteiger partial charge in [0.15, 0.2) is 5.82 Å². The smallest absolute Gasteiger partial charge is 0.321 e. The van der Waals surface area contributed by atoms with Crippen molar-refractivity contribution in [2.75, 3.05) is 24.3 Å². The first-order valence-corrected chi connectivity index (χ1v) is 13.0. The number of sulfonamides is 1. The molecule has 4 rings (SSSR count). The van der Waals surface area contributed by atoms with Crippen molar-refractivity contribution in [2.24, 2.45) is 0 Å². The summed E-state index contributed by atoms with van der Waals surface area (Å²) in [5.74, 6) is 0.372. The van der Waals surface area contributed by atoms with Crippen LogP contribution in [-0.4, -0.2) is 38.5 Å². The lowest BCUT2D eigenvalue weighted by molar-refractivity contribution is 0.102. The van der Waals surface area contributed by atoms with Crippen molar-refractivity contribution in [3.8, 4) is 17.6 Å². The Hall–Kier alpha value is -4.35. The zero-order valence-corrected chi connectivity index (χ0v) is 21.9. The number of methoxy groups -OCH3 is 2. The lowest BCUT2D eigenvalue weighted by atomic mass is 10.1. The summed E-state index contributed by atoms with van der Waals surface area (Å²) < 4.78 is 43.7. The zero-order valence-electron chi connectivity index (χ0n) is 20.3. The maximum Gasteiger partial charge on any atom is 0.321 e. The Kier molecular flexibility index (Phi) is 8.29. The minimum Gasteiger partial charge on any atom is -0.489 e. The SMILES string of the molecule is COc1cc(NS(=O)(=O)c2ccc(NC(=O)c3cccc(COc4cccc(Cl)c4)c3)cc2)nc(OC)n1. The number of nitrogens with one attached hydrogen (secondary N) is 2. The largest absolute Gasteiger partial charge is 0.489 e. The Bertz CT molecular complexity index is 1530. The van der Waals surface area contributed by atoms with Gasteiger partial charge < -0.3 is 19.5 Å². The fraction of sp³-hybridized carbons (Fsp3) is 0.115. The quantitative estimate of drug-likeness (QED) is 0.286. The van der Waals surface area contributed by atoms with Crippen LogP contribution in [0.1, 0.15) is 15.9 Å². The Balaban J connectivity index is 1.41. The highest BCUT2D eigenvalue weighted by Crippen LogP contribution is 2.22. The molecule has 0 saturated carbocycles. The summed E-state index contributed by atoms with van der Waals surface area (Å²) >= 11 is 5.98. The predicted molar refractivity (Wildman–Crippen MR) is 143 cm³/mol. The van der Waals surface area contributed by atoms with E-state index in [-0.39, 0.29) is 35.1 Å². The molecule has 0 unspecified atom stereocenters. The zero-order chi connectivity index (χ0) is 27.1. The minimum absolute atomic E-state index is 0.0229. The molecule has 4 aromatic rings. The lowest BCUT2D eigenvalue weighted by Crippen LogP contribution is -2.15. The maximum atomic E-state index is 12.8. The molecule has 3 aromatic carbocycles. The van der Waals surface area contributed by atoms with Gasteiger partial charge in [-0.05, 0) is 60.2 Å². The van der Waals surface area contributed by atoms with E-state index in [1.807, 2.05) is 6.07 Å². The fourth-order valence-electron chi connectivity index (χ4n) is 3.30. The van der Waals surface area contributed by atoms with Crippen molar-refractivity contribution in [3.05, 3.63) is 95.0 Å². The Labute approximate surface area is 224 Å². The Morgan fingerprint density at radius 3 is 2.39 bits per heavy atom. The van der Waals surface area contributed by atoms with Crippen LogP contribution >= 0.6 is 11.6 Å². The van der Waals surface area contributed by atoms with Crippen LogP contribution in [0.5, 0.6) is 17.6 Å². The van der Waals surface area contributed by atoms with Gasteiger partial charge in [-0.2, -0.15) is 9.97 Å². The van der Waals surface area contributed by atoms with Crippen molar-refractivity contribution < 1.29 is 27.4 Å². The number of benzene rings is 3. The molecule has 1 amide bonds. The fourth-order valence-corrected chi connectivity index (χ4v) is 4.47. The number of anilines is 2. The standard InChI is InChI=1S/C26H23ClN4O6S/c1-35-24-15-23(29-26(30-24)36-2)31-38(33,34)22-11-9-20(10-12-22)28-25(32)18-6-3-5-17(13-18)16-37-21-8-4-7-19(27)14-21/h3-15H,16H2,1-2H3,(H,28,32)(H,29,30,31). The topological polar surface area (TPSA) is 129 Å². The van der Waals surface area contributed by atoms with Gasteiger partial charge in [-0.25, -0.2) is 8.42 Å². The minimum atomic E-state index is -3.98. The van der Waals surface area contributed by atoms with E-state index in [4.69, 9.17) is 25.8 Å². The van der Waals surface area contributed by atoms with Crippen molar-refractivity contribution >= 4 is 39.0 Å². The molecule has 0 spiro atoms. The number of hydrogen-bond donors (Lipinski definition) is 2. The third-order valence-corrected chi connectivity index (χ3v) is 6.73. The van der Waals surface area contributed by atoms with Crippen molar-refractivity contribution in [3.63, 3.8) is 0 Å². The van der Waals surface area contributed by atoms with Gasteiger partial charge in [0.05, 0.1) is 19.1 Å². The molecule has 1 heterocycles. The first-order valence-electron chi connectivity index (χ1n) is 11.1. The van der Waals surface area contributed by atoms with Gasteiger partial charge in [-0.3, -0.25) is 9.52 Å². The van der Waals surface area contributed by atoms with E-state index in [1.54, 1.807) is 42.5 Å². The molecule has 12 heteroatoms. The van der Waals surface area contributed by atoms with Gasteiger partial charge in [0, 0.05) is 22.3 Å². The molecular weight excluding hydrogens is 532 g/mol. The van der Waals surface area contributed by atoms with E-state index in [0.717, 1.165) is 5.56 Å². The molecular formula is C26H23ClN4O6S. The maximum absolute atomic E-state index is 12.8.